The molecule has 1 atom stereocenters. The lowest BCUT2D eigenvalue weighted by Gasteiger charge is -2.18. The maximum absolute atomic E-state index is 12.8. The largest absolute Gasteiger partial charge is 0.293 e. The summed E-state index contributed by atoms with van der Waals surface area (Å²) in [6, 6.07) is 16.5. The zero-order valence-corrected chi connectivity index (χ0v) is 15.3. The summed E-state index contributed by atoms with van der Waals surface area (Å²) in [6.45, 7) is 5.75. The Hall–Kier alpha value is -2.40. The molecule has 1 unspecified atom stereocenters. The topological polar surface area (TPSA) is 52.0 Å². The van der Waals surface area contributed by atoms with Crippen LogP contribution in [0.5, 0.6) is 0 Å². The van der Waals surface area contributed by atoms with E-state index in [4.69, 9.17) is 0 Å². The van der Waals surface area contributed by atoms with Crippen LogP contribution in [0.15, 0.2) is 64.5 Å². The quantitative estimate of drug-likeness (QED) is 0.389. The van der Waals surface area contributed by atoms with Gasteiger partial charge in [0.15, 0.2) is 10.9 Å². The molecule has 0 bridgehead atoms. The van der Waals surface area contributed by atoms with E-state index in [0.29, 0.717) is 21.6 Å². The lowest BCUT2D eigenvalue weighted by molar-refractivity contribution is 0.0994. The number of thioether (sulfide) groups is 1. The zero-order valence-electron chi connectivity index (χ0n) is 14.5. The molecule has 0 saturated heterocycles. The first kappa shape index (κ1) is 17.4. The van der Waals surface area contributed by atoms with Gasteiger partial charge in [0.05, 0.1) is 16.2 Å². The molecule has 0 saturated carbocycles. The number of Topliss-reactive ketones (excluding diaryl/α,β-unsaturated/α-hetero) is 1. The highest BCUT2D eigenvalue weighted by molar-refractivity contribution is 8.00. The number of nitrogens with zero attached hydrogens (tertiary/aromatic N) is 2. The van der Waals surface area contributed by atoms with Gasteiger partial charge in [-0.1, -0.05) is 54.2 Å². The van der Waals surface area contributed by atoms with Gasteiger partial charge in [0.25, 0.3) is 5.56 Å². The Morgan fingerprint density at radius 2 is 1.64 bits per heavy atom. The van der Waals surface area contributed by atoms with Crippen LogP contribution < -0.4 is 5.56 Å². The Kier molecular flexibility index (Phi) is 5.04. The molecule has 0 fully saturated rings. The number of benzene rings is 2. The molecule has 1 aromatic heterocycles. The number of carbonyl (C=O) groups is 1. The summed E-state index contributed by atoms with van der Waals surface area (Å²) in [5, 5.41) is 0.846. The fourth-order valence-electron chi connectivity index (χ4n) is 2.71. The van der Waals surface area contributed by atoms with Crippen LogP contribution in [-0.4, -0.2) is 20.6 Å². The van der Waals surface area contributed by atoms with E-state index < -0.39 is 0 Å². The van der Waals surface area contributed by atoms with Crippen molar-refractivity contribution in [3.8, 4) is 0 Å². The Bertz CT molecular complexity index is 964. The fraction of sp³-hybridized carbons (Fsp3) is 0.250. The summed E-state index contributed by atoms with van der Waals surface area (Å²) in [6.07, 6.45) is 0. The minimum absolute atomic E-state index is 0.0308. The Morgan fingerprint density at radius 1 is 1.00 bits per heavy atom. The molecular formula is C20H20N2O2S. The average molecular weight is 352 g/mol. The summed E-state index contributed by atoms with van der Waals surface area (Å²) in [5.74, 6) is 0.0308. The third-order valence-corrected chi connectivity index (χ3v) is 5.07. The Balaban J connectivity index is 2.02. The van der Waals surface area contributed by atoms with Crippen LogP contribution in [0, 0.1) is 0 Å². The van der Waals surface area contributed by atoms with E-state index >= 15 is 0 Å². The second kappa shape index (κ2) is 7.23. The standard InChI is InChI=1S/C20H20N2O2S/c1-13(2)22-19(24)16-11-7-8-12-17(16)21-20(22)25-14(3)18(23)15-9-5-4-6-10-15/h4-14H,1-3H3. The summed E-state index contributed by atoms with van der Waals surface area (Å²) in [5.41, 5.74) is 1.26. The Labute approximate surface area is 150 Å². The molecule has 3 aromatic rings. The van der Waals surface area contributed by atoms with E-state index in [-0.39, 0.29) is 22.6 Å². The van der Waals surface area contributed by atoms with Gasteiger partial charge in [0, 0.05) is 11.6 Å². The highest BCUT2D eigenvalue weighted by Gasteiger charge is 2.21. The molecule has 128 valence electrons. The van der Waals surface area contributed by atoms with E-state index in [2.05, 4.69) is 4.98 Å². The number of carbonyl (C=O) groups excluding carboxylic acids is 1. The van der Waals surface area contributed by atoms with Crippen LogP contribution in [0.3, 0.4) is 0 Å². The number of hydrogen-bond acceptors (Lipinski definition) is 4. The molecule has 2 aromatic carbocycles. The van der Waals surface area contributed by atoms with Crippen LogP contribution in [0.2, 0.25) is 0 Å². The average Bonchev–Trinajstić information content (AvgIpc) is 2.61. The molecule has 1 heterocycles. The second-order valence-corrected chi connectivity index (χ2v) is 7.48. The van der Waals surface area contributed by atoms with E-state index in [1.54, 1.807) is 10.6 Å². The molecule has 0 amide bonds. The molecule has 0 spiro atoms. The first-order chi connectivity index (χ1) is 12.0. The maximum Gasteiger partial charge on any atom is 0.262 e. The summed E-state index contributed by atoms with van der Waals surface area (Å²) < 4.78 is 1.67. The Morgan fingerprint density at radius 3 is 2.32 bits per heavy atom. The van der Waals surface area contributed by atoms with Crippen LogP contribution in [-0.2, 0) is 0 Å². The van der Waals surface area contributed by atoms with Crippen molar-refractivity contribution in [1.29, 1.82) is 0 Å². The van der Waals surface area contributed by atoms with Gasteiger partial charge < -0.3 is 0 Å². The van der Waals surface area contributed by atoms with Gasteiger partial charge in [0.2, 0.25) is 0 Å². The van der Waals surface area contributed by atoms with Gasteiger partial charge in [-0.25, -0.2) is 4.98 Å². The minimum atomic E-state index is -0.333. The molecule has 3 rings (SSSR count). The molecule has 0 aliphatic rings. The lowest BCUT2D eigenvalue weighted by atomic mass is 10.1. The van der Waals surface area contributed by atoms with Crippen molar-refractivity contribution in [3.63, 3.8) is 0 Å². The van der Waals surface area contributed by atoms with Crippen LogP contribution >= 0.6 is 11.8 Å². The van der Waals surface area contributed by atoms with Gasteiger partial charge in [-0.2, -0.15) is 0 Å². The predicted octanol–water partition coefficient (Wildman–Crippen LogP) is 4.34. The number of para-hydroxylation sites is 1. The second-order valence-electron chi connectivity index (χ2n) is 6.17. The number of fused-ring (bicyclic) bond motifs is 1. The molecule has 5 heteroatoms. The third-order valence-electron chi connectivity index (χ3n) is 4.00. The van der Waals surface area contributed by atoms with E-state index in [9.17, 15) is 9.59 Å². The lowest BCUT2D eigenvalue weighted by Crippen LogP contribution is -2.26. The smallest absolute Gasteiger partial charge is 0.262 e. The maximum atomic E-state index is 12.8. The van der Waals surface area contributed by atoms with E-state index in [1.807, 2.05) is 69.3 Å². The summed E-state index contributed by atoms with van der Waals surface area (Å²) >= 11 is 1.33. The normalized spacial score (nSPS) is 12.5. The number of aromatic nitrogens is 2. The highest BCUT2D eigenvalue weighted by Crippen LogP contribution is 2.26. The summed E-state index contributed by atoms with van der Waals surface area (Å²) in [4.78, 5) is 30.1. The molecule has 0 radical (unpaired) electrons. The minimum Gasteiger partial charge on any atom is -0.293 e. The number of hydrogen-bond donors (Lipinski definition) is 0. The highest BCUT2D eigenvalue weighted by atomic mass is 32.2. The van der Waals surface area contributed by atoms with Crippen LogP contribution in [0.1, 0.15) is 37.2 Å². The summed E-state index contributed by atoms with van der Waals surface area (Å²) in [7, 11) is 0. The van der Waals surface area contributed by atoms with Gasteiger partial charge in [-0.15, -0.1) is 0 Å². The van der Waals surface area contributed by atoms with Crippen molar-refractivity contribution >= 4 is 28.4 Å². The van der Waals surface area contributed by atoms with E-state index in [1.165, 1.54) is 11.8 Å². The van der Waals surface area contributed by atoms with Gasteiger partial charge >= 0.3 is 0 Å². The van der Waals surface area contributed by atoms with Gasteiger partial charge in [-0.3, -0.25) is 14.2 Å². The van der Waals surface area contributed by atoms with Crippen molar-refractivity contribution in [2.24, 2.45) is 0 Å². The zero-order chi connectivity index (χ0) is 18.0. The first-order valence-electron chi connectivity index (χ1n) is 8.26. The SMILES string of the molecule is CC(Sc1nc2ccccc2c(=O)n1C(C)C)C(=O)c1ccccc1. The van der Waals surface area contributed by atoms with E-state index in [0.717, 1.165) is 0 Å². The van der Waals surface area contributed by atoms with Gasteiger partial charge in [0.1, 0.15) is 0 Å². The number of ketones is 1. The molecule has 0 N–H and O–H groups in total. The molecular weight excluding hydrogens is 332 g/mol. The fourth-order valence-corrected chi connectivity index (χ4v) is 3.83. The van der Waals surface area contributed by atoms with Crippen LogP contribution in [0.4, 0.5) is 0 Å². The number of rotatable bonds is 5. The van der Waals surface area contributed by atoms with Crippen molar-refractivity contribution < 1.29 is 4.79 Å². The predicted molar refractivity (Wildman–Crippen MR) is 102 cm³/mol. The first-order valence-corrected chi connectivity index (χ1v) is 9.14. The van der Waals surface area contributed by atoms with Crippen molar-refractivity contribution in [2.45, 2.75) is 37.2 Å². The molecule has 0 aliphatic heterocycles. The molecule has 25 heavy (non-hydrogen) atoms. The van der Waals surface area contributed by atoms with Crippen molar-refractivity contribution in [2.75, 3.05) is 0 Å². The van der Waals surface area contributed by atoms with Crippen LogP contribution in [0.25, 0.3) is 10.9 Å². The van der Waals surface area contributed by atoms with Gasteiger partial charge in [-0.05, 0) is 32.9 Å². The van der Waals surface area contributed by atoms with Crippen molar-refractivity contribution in [3.05, 3.63) is 70.5 Å². The molecule has 0 aliphatic carbocycles. The monoisotopic (exact) mass is 352 g/mol. The van der Waals surface area contributed by atoms with Crippen molar-refractivity contribution in [1.82, 2.24) is 9.55 Å². The molecule has 4 nitrogen and oxygen atoms in total. The third kappa shape index (κ3) is 3.51.